The van der Waals surface area contributed by atoms with Crippen molar-refractivity contribution in [1.82, 2.24) is 10.2 Å². The molecule has 2 aromatic rings. The van der Waals surface area contributed by atoms with Crippen molar-refractivity contribution in [1.29, 1.82) is 0 Å². The Hall–Kier alpha value is -2.58. The number of anilines is 1. The highest BCUT2D eigenvalue weighted by Gasteiger charge is 2.30. The zero-order valence-corrected chi connectivity index (χ0v) is 21.3. The van der Waals surface area contributed by atoms with E-state index in [9.17, 15) is 18.0 Å². The van der Waals surface area contributed by atoms with Crippen molar-refractivity contribution in [2.75, 3.05) is 23.7 Å². The molecule has 2 rings (SSSR count). The Balaban J connectivity index is 2.42. The average molecular weight is 494 g/mol. The number of sulfonamides is 1. The number of benzene rings is 2. The van der Waals surface area contributed by atoms with Crippen LogP contribution in [0.3, 0.4) is 0 Å². The number of carbonyl (C=O) groups excluding carboxylic acids is 2. The number of hydrogen-bond acceptors (Lipinski definition) is 4. The fourth-order valence-electron chi connectivity index (χ4n) is 3.44. The van der Waals surface area contributed by atoms with Crippen LogP contribution in [0.2, 0.25) is 5.02 Å². The molecule has 0 aliphatic rings. The van der Waals surface area contributed by atoms with E-state index in [4.69, 9.17) is 11.6 Å². The summed E-state index contributed by atoms with van der Waals surface area (Å²) in [6.07, 6.45) is 1.82. The van der Waals surface area contributed by atoms with Crippen LogP contribution in [0.1, 0.15) is 37.0 Å². The fourth-order valence-corrected chi connectivity index (χ4v) is 4.58. The van der Waals surface area contributed by atoms with Gasteiger partial charge in [-0.2, -0.15) is 0 Å². The maximum atomic E-state index is 13.5. The number of amides is 2. The van der Waals surface area contributed by atoms with Crippen LogP contribution in [-0.2, 0) is 26.2 Å². The molecule has 180 valence electrons. The van der Waals surface area contributed by atoms with Crippen molar-refractivity contribution in [3.05, 3.63) is 64.2 Å². The highest BCUT2D eigenvalue weighted by atomic mass is 35.5. The van der Waals surface area contributed by atoms with Crippen LogP contribution in [-0.4, -0.2) is 50.5 Å². The fraction of sp³-hybridized carbons (Fsp3) is 0.417. The lowest BCUT2D eigenvalue weighted by atomic mass is 10.1. The zero-order chi connectivity index (χ0) is 24.8. The molecular weight excluding hydrogens is 462 g/mol. The molecule has 0 aromatic heterocycles. The van der Waals surface area contributed by atoms with E-state index in [1.54, 1.807) is 32.0 Å². The van der Waals surface area contributed by atoms with Gasteiger partial charge in [0.05, 0.1) is 11.9 Å². The minimum absolute atomic E-state index is 0.184. The van der Waals surface area contributed by atoms with Crippen molar-refractivity contribution in [2.24, 2.45) is 0 Å². The van der Waals surface area contributed by atoms with Crippen molar-refractivity contribution in [3.8, 4) is 0 Å². The van der Waals surface area contributed by atoms with Gasteiger partial charge in [0.25, 0.3) is 0 Å². The zero-order valence-electron chi connectivity index (χ0n) is 19.8. The maximum absolute atomic E-state index is 13.5. The van der Waals surface area contributed by atoms with E-state index < -0.39 is 28.5 Å². The molecule has 0 aliphatic carbocycles. The predicted molar refractivity (Wildman–Crippen MR) is 133 cm³/mol. The number of nitrogens with zero attached hydrogens (tertiary/aromatic N) is 2. The number of aryl methyl sites for hydroxylation is 2. The molecule has 0 radical (unpaired) electrons. The number of hydrogen-bond donors (Lipinski definition) is 1. The first kappa shape index (κ1) is 26.7. The Morgan fingerprint density at radius 1 is 1.09 bits per heavy atom. The molecule has 1 N–H and O–H groups in total. The Bertz CT molecular complexity index is 1100. The van der Waals surface area contributed by atoms with Crippen molar-refractivity contribution in [2.45, 2.75) is 46.7 Å². The lowest BCUT2D eigenvalue weighted by Crippen LogP contribution is -2.51. The van der Waals surface area contributed by atoms with Crippen molar-refractivity contribution in [3.63, 3.8) is 0 Å². The standard InChI is InChI=1S/C24H32ClN3O4S/c1-6-13-26-24(30)19(4)27(15-20-10-8-7-9-17(20)2)23(29)16-28(33(5,31)32)22-12-11-21(25)14-18(22)3/h7-12,14,19H,6,13,15-16H2,1-5H3,(H,26,30). The minimum Gasteiger partial charge on any atom is -0.354 e. The molecule has 0 bridgehead atoms. The summed E-state index contributed by atoms with van der Waals surface area (Å²) < 4.78 is 26.3. The van der Waals surface area contributed by atoms with E-state index in [0.29, 0.717) is 22.8 Å². The Kier molecular flexibility index (Phi) is 9.31. The van der Waals surface area contributed by atoms with Gasteiger partial charge >= 0.3 is 0 Å². The second-order valence-corrected chi connectivity index (χ2v) is 10.5. The molecule has 0 saturated heterocycles. The third-order valence-corrected chi connectivity index (χ3v) is 6.79. The van der Waals surface area contributed by atoms with Crippen LogP contribution in [0.25, 0.3) is 0 Å². The lowest BCUT2D eigenvalue weighted by Gasteiger charge is -2.32. The van der Waals surface area contributed by atoms with Crippen LogP contribution in [0.15, 0.2) is 42.5 Å². The van der Waals surface area contributed by atoms with E-state index in [0.717, 1.165) is 28.1 Å². The molecule has 0 aliphatic heterocycles. The molecule has 9 heteroatoms. The topological polar surface area (TPSA) is 86.8 Å². The molecule has 1 unspecified atom stereocenters. The second-order valence-electron chi connectivity index (χ2n) is 8.12. The van der Waals surface area contributed by atoms with Crippen LogP contribution in [0.4, 0.5) is 5.69 Å². The Morgan fingerprint density at radius 2 is 1.76 bits per heavy atom. The van der Waals surface area contributed by atoms with Gasteiger partial charge in [-0.3, -0.25) is 13.9 Å². The van der Waals surface area contributed by atoms with Crippen molar-refractivity contribution < 1.29 is 18.0 Å². The predicted octanol–water partition coefficient (Wildman–Crippen LogP) is 3.67. The summed E-state index contributed by atoms with van der Waals surface area (Å²) in [5.74, 6) is -0.760. The molecule has 0 heterocycles. The molecule has 2 amide bonds. The summed E-state index contributed by atoms with van der Waals surface area (Å²) in [6, 6.07) is 11.6. The summed E-state index contributed by atoms with van der Waals surface area (Å²) in [5.41, 5.74) is 2.86. The summed E-state index contributed by atoms with van der Waals surface area (Å²) in [5, 5.41) is 3.29. The monoisotopic (exact) mass is 493 g/mol. The van der Waals surface area contributed by atoms with Crippen LogP contribution in [0, 0.1) is 13.8 Å². The van der Waals surface area contributed by atoms with Gasteiger partial charge in [0, 0.05) is 18.1 Å². The maximum Gasteiger partial charge on any atom is 0.244 e. The van der Waals surface area contributed by atoms with Gasteiger partial charge < -0.3 is 10.2 Å². The van der Waals surface area contributed by atoms with Crippen molar-refractivity contribution >= 4 is 39.1 Å². The van der Waals surface area contributed by atoms with E-state index in [2.05, 4.69) is 5.32 Å². The number of carbonyl (C=O) groups is 2. The summed E-state index contributed by atoms with van der Waals surface area (Å²) >= 11 is 6.03. The van der Waals surface area contributed by atoms with Gasteiger partial charge in [-0.05, 0) is 62.1 Å². The molecule has 0 fully saturated rings. The molecular formula is C24H32ClN3O4S. The van der Waals surface area contributed by atoms with Gasteiger partial charge in [0.2, 0.25) is 21.8 Å². The highest BCUT2D eigenvalue weighted by molar-refractivity contribution is 7.92. The first-order valence-corrected chi connectivity index (χ1v) is 13.0. The first-order chi connectivity index (χ1) is 15.5. The van der Waals surface area contributed by atoms with Crippen LogP contribution < -0.4 is 9.62 Å². The average Bonchev–Trinajstić information content (AvgIpc) is 2.74. The number of rotatable bonds is 10. The third kappa shape index (κ3) is 7.20. The van der Waals surface area contributed by atoms with E-state index >= 15 is 0 Å². The number of halogens is 1. The molecule has 33 heavy (non-hydrogen) atoms. The molecule has 2 aromatic carbocycles. The van der Waals surface area contributed by atoms with Gasteiger partial charge in [-0.15, -0.1) is 0 Å². The number of nitrogens with one attached hydrogen (secondary N) is 1. The van der Waals surface area contributed by atoms with Gasteiger partial charge in [0.1, 0.15) is 12.6 Å². The van der Waals surface area contributed by atoms with E-state index in [-0.39, 0.29) is 12.5 Å². The van der Waals surface area contributed by atoms with Gasteiger partial charge in [-0.1, -0.05) is 42.8 Å². The molecule has 7 nitrogen and oxygen atoms in total. The normalized spacial score (nSPS) is 12.2. The Morgan fingerprint density at radius 3 is 2.33 bits per heavy atom. The smallest absolute Gasteiger partial charge is 0.244 e. The second kappa shape index (κ2) is 11.5. The summed E-state index contributed by atoms with van der Waals surface area (Å²) in [4.78, 5) is 27.6. The molecule has 0 saturated carbocycles. The molecule has 0 spiro atoms. The summed E-state index contributed by atoms with van der Waals surface area (Å²) in [7, 11) is -3.78. The third-order valence-electron chi connectivity index (χ3n) is 5.43. The first-order valence-electron chi connectivity index (χ1n) is 10.8. The van der Waals surface area contributed by atoms with Crippen LogP contribution >= 0.6 is 11.6 Å². The van der Waals surface area contributed by atoms with E-state index in [1.165, 1.54) is 4.90 Å². The van der Waals surface area contributed by atoms with Gasteiger partial charge in [-0.25, -0.2) is 8.42 Å². The minimum atomic E-state index is -3.78. The molecule has 1 atom stereocenters. The highest BCUT2D eigenvalue weighted by Crippen LogP contribution is 2.26. The van der Waals surface area contributed by atoms with Gasteiger partial charge in [0.15, 0.2) is 0 Å². The SMILES string of the molecule is CCCNC(=O)C(C)N(Cc1ccccc1C)C(=O)CN(c1ccc(Cl)cc1C)S(C)(=O)=O. The summed E-state index contributed by atoms with van der Waals surface area (Å²) in [6.45, 7) is 7.51. The van der Waals surface area contributed by atoms with E-state index in [1.807, 2.05) is 38.1 Å². The Labute approximate surface area is 201 Å². The largest absolute Gasteiger partial charge is 0.354 e. The quantitative estimate of drug-likeness (QED) is 0.547. The lowest BCUT2D eigenvalue weighted by molar-refractivity contribution is -0.139. The van der Waals surface area contributed by atoms with Crippen LogP contribution in [0.5, 0.6) is 0 Å².